The van der Waals surface area contributed by atoms with Gasteiger partial charge in [0.25, 0.3) is 11.8 Å². The normalized spacial score (nSPS) is 12.5. The lowest BCUT2D eigenvalue weighted by Crippen LogP contribution is -2.33. The Morgan fingerprint density at radius 3 is 1.94 bits per heavy atom. The summed E-state index contributed by atoms with van der Waals surface area (Å²) in [5.74, 6) is 0.274. The molecule has 0 atom stereocenters. The van der Waals surface area contributed by atoms with Gasteiger partial charge in [-0.05, 0) is 24.3 Å². The zero-order valence-electron chi connectivity index (χ0n) is 19.5. The Kier molecular flexibility index (Phi) is 10.4. The van der Waals surface area contributed by atoms with E-state index in [1.54, 1.807) is 48.5 Å². The molecule has 1 aliphatic heterocycles. The third-order valence-electron chi connectivity index (χ3n) is 5.05. The van der Waals surface area contributed by atoms with Crippen LogP contribution in [-0.4, -0.2) is 82.4 Å². The number of aldehydes is 1. The maximum absolute atomic E-state index is 12.3. The Morgan fingerprint density at radius 1 is 0.743 bits per heavy atom. The maximum Gasteiger partial charge on any atom is 0.261 e. The average molecular weight is 484 g/mol. The van der Waals surface area contributed by atoms with Gasteiger partial charge in [0.2, 0.25) is 0 Å². The number of ether oxygens (including phenoxy) is 5. The molecule has 0 N–H and O–H groups in total. The number of imide groups is 1. The largest absolute Gasteiger partial charge is 0.487 e. The van der Waals surface area contributed by atoms with Gasteiger partial charge in [-0.15, -0.1) is 0 Å². The summed E-state index contributed by atoms with van der Waals surface area (Å²) in [6, 6.07) is 11.9. The van der Waals surface area contributed by atoms with E-state index in [0.717, 1.165) is 0 Å². The van der Waals surface area contributed by atoms with Gasteiger partial charge >= 0.3 is 0 Å². The van der Waals surface area contributed by atoms with Crippen molar-refractivity contribution in [2.75, 3.05) is 59.4 Å². The summed E-state index contributed by atoms with van der Waals surface area (Å²) in [5.41, 5.74) is 1.27. The summed E-state index contributed by atoms with van der Waals surface area (Å²) in [6.07, 6.45) is 2.31. The number of hydrogen-bond donors (Lipinski definition) is 0. The van der Waals surface area contributed by atoms with E-state index < -0.39 is 0 Å². The van der Waals surface area contributed by atoms with E-state index in [9.17, 15) is 14.4 Å². The third-order valence-corrected chi connectivity index (χ3v) is 5.05. The second kappa shape index (κ2) is 14.0. The molecule has 2 aromatic carbocycles. The quantitative estimate of drug-likeness (QED) is 0.147. The molecule has 0 bridgehead atoms. The highest BCUT2D eigenvalue weighted by molar-refractivity contribution is 6.21. The molecule has 0 aliphatic carbocycles. The molecule has 3 rings (SSSR count). The first kappa shape index (κ1) is 26.1. The molecule has 0 unspecified atom stereocenters. The Bertz CT molecular complexity index is 987. The fourth-order valence-electron chi connectivity index (χ4n) is 3.39. The molecule has 0 fully saturated rings. The monoisotopic (exact) mass is 483 g/mol. The predicted molar refractivity (Wildman–Crippen MR) is 127 cm³/mol. The molecule has 0 saturated carbocycles. The van der Waals surface area contributed by atoms with Gasteiger partial charge in [-0.3, -0.25) is 19.3 Å². The van der Waals surface area contributed by atoms with E-state index in [4.69, 9.17) is 23.7 Å². The van der Waals surface area contributed by atoms with Crippen molar-refractivity contribution in [3.63, 3.8) is 0 Å². The van der Waals surface area contributed by atoms with Crippen LogP contribution in [0.5, 0.6) is 11.5 Å². The van der Waals surface area contributed by atoms with Crippen molar-refractivity contribution < 1.29 is 38.1 Å². The van der Waals surface area contributed by atoms with Crippen LogP contribution in [0.15, 0.2) is 55.1 Å². The van der Waals surface area contributed by atoms with E-state index >= 15 is 0 Å². The number of nitrogens with zero attached hydrogens (tertiary/aromatic N) is 1. The van der Waals surface area contributed by atoms with Crippen molar-refractivity contribution in [2.24, 2.45) is 0 Å². The first-order chi connectivity index (χ1) is 17.2. The lowest BCUT2D eigenvalue weighted by molar-refractivity contribution is 0.00661. The van der Waals surface area contributed by atoms with Crippen LogP contribution in [0, 0.1) is 0 Å². The number of hydrogen-bond acceptors (Lipinski definition) is 8. The summed E-state index contributed by atoms with van der Waals surface area (Å²) < 4.78 is 27.6. The first-order valence-corrected chi connectivity index (χ1v) is 11.3. The van der Waals surface area contributed by atoms with Gasteiger partial charge < -0.3 is 23.7 Å². The highest BCUT2D eigenvalue weighted by Crippen LogP contribution is 2.30. The standard InChI is InChI=1S/C26H29NO8/c1-2-11-35-24-20(19-28)6-5-9-23(24)34-18-17-33-16-15-32-14-13-31-12-10-27-25(29)21-7-3-4-8-22(21)26(27)30/h2-9,19H,1,10-18H2. The number of carbonyl (C=O) groups excluding carboxylic acids is 3. The van der Waals surface area contributed by atoms with Gasteiger partial charge in [0.1, 0.15) is 13.2 Å². The molecule has 0 radical (unpaired) electrons. The third kappa shape index (κ3) is 7.22. The zero-order valence-corrected chi connectivity index (χ0v) is 19.5. The van der Waals surface area contributed by atoms with E-state index in [1.165, 1.54) is 4.90 Å². The summed E-state index contributed by atoms with van der Waals surface area (Å²) in [4.78, 5) is 36.9. The zero-order chi connectivity index (χ0) is 24.9. The van der Waals surface area contributed by atoms with Crippen molar-refractivity contribution in [1.82, 2.24) is 4.90 Å². The van der Waals surface area contributed by atoms with Crippen LogP contribution >= 0.6 is 0 Å². The molecule has 9 nitrogen and oxygen atoms in total. The van der Waals surface area contributed by atoms with Crippen molar-refractivity contribution in [1.29, 1.82) is 0 Å². The topological polar surface area (TPSA) is 101 Å². The van der Waals surface area contributed by atoms with Crippen molar-refractivity contribution in [2.45, 2.75) is 0 Å². The molecule has 9 heteroatoms. The van der Waals surface area contributed by atoms with Crippen molar-refractivity contribution >= 4 is 18.1 Å². The van der Waals surface area contributed by atoms with Crippen LogP contribution in [0.2, 0.25) is 0 Å². The minimum atomic E-state index is -0.288. The van der Waals surface area contributed by atoms with Gasteiger partial charge in [0.05, 0.1) is 62.9 Å². The molecule has 0 spiro atoms. The molecular weight excluding hydrogens is 454 g/mol. The molecule has 0 saturated heterocycles. The van der Waals surface area contributed by atoms with Crippen LogP contribution in [0.25, 0.3) is 0 Å². The first-order valence-electron chi connectivity index (χ1n) is 11.3. The second-order valence-electron chi connectivity index (χ2n) is 7.39. The minimum absolute atomic E-state index is 0.200. The van der Waals surface area contributed by atoms with Crippen molar-refractivity contribution in [3.05, 3.63) is 71.8 Å². The lowest BCUT2D eigenvalue weighted by atomic mass is 10.1. The van der Waals surface area contributed by atoms with Gasteiger partial charge in [-0.1, -0.05) is 30.9 Å². The number of benzene rings is 2. The lowest BCUT2D eigenvalue weighted by Gasteiger charge is -2.14. The van der Waals surface area contributed by atoms with Gasteiger partial charge in [-0.2, -0.15) is 0 Å². The molecule has 186 valence electrons. The number of rotatable bonds is 17. The molecular formula is C26H29NO8. The van der Waals surface area contributed by atoms with Crippen LogP contribution < -0.4 is 9.47 Å². The van der Waals surface area contributed by atoms with Crippen LogP contribution in [-0.2, 0) is 14.2 Å². The Balaban J connectivity index is 1.21. The van der Waals surface area contributed by atoms with Crippen LogP contribution in [0.3, 0.4) is 0 Å². The SMILES string of the molecule is C=CCOc1c(C=O)cccc1OCCOCCOCCOCCN1C(=O)c2ccccc2C1=O. The molecule has 2 aromatic rings. The highest BCUT2D eigenvalue weighted by atomic mass is 16.6. The number of amides is 2. The summed E-state index contributed by atoms with van der Waals surface area (Å²) in [7, 11) is 0. The van der Waals surface area contributed by atoms with E-state index in [2.05, 4.69) is 6.58 Å². The molecule has 1 aliphatic rings. The van der Waals surface area contributed by atoms with Crippen LogP contribution in [0.1, 0.15) is 31.1 Å². The Hall–Kier alpha value is -3.53. The molecule has 1 heterocycles. The Labute approximate surface area is 204 Å². The van der Waals surface area contributed by atoms with E-state index in [0.29, 0.717) is 67.5 Å². The van der Waals surface area contributed by atoms with Crippen molar-refractivity contribution in [3.8, 4) is 11.5 Å². The van der Waals surface area contributed by atoms with E-state index in [1.807, 2.05) is 0 Å². The summed E-state index contributed by atoms with van der Waals surface area (Å²) in [6.45, 7) is 6.41. The van der Waals surface area contributed by atoms with Gasteiger partial charge in [-0.25, -0.2) is 0 Å². The van der Waals surface area contributed by atoms with Gasteiger partial charge in [0.15, 0.2) is 17.8 Å². The number of carbonyl (C=O) groups is 3. The molecule has 35 heavy (non-hydrogen) atoms. The van der Waals surface area contributed by atoms with Gasteiger partial charge in [0, 0.05) is 0 Å². The maximum atomic E-state index is 12.3. The number of para-hydroxylation sites is 1. The van der Waals surface area contributed by atoms with E-state index in [-0.39, 0.29) is 38.2 Å². The summed E-state index contributed by atoms with van der Waals surface area (Å²) in [5, 5.41) is 0. The summed E-state index contributed by atoms with van der Waals surface area (Å²) >= 11 is 0. The molecule has 0 aromatic heterocycles. The number of fused-ring (bicyclic) bond motifs is 1. The second-order valence-corrected chi connectivity index (χ2v) is 7.39. The van der Waals surface area contributed by atoms with Crippen LogP contribution in [0.4, 0.5) is 0 Å². The highest BCUT2D eigenvalue weighted by Gasteiger charge is 2.34. The predicted octanol–water partition coefficient (Wildman–Crippen LogP) is 2.79. The average Bonchev–Trinajstić information content (AvgIpc) is 3.13. The Morgan fingerprint density at radius 2 is 1.34 bits per heavy atom. The smallest absolute Gasteiger partial charge is 0.261 e. The fourth-order valence-corrected chi connectivity index (χ4v) is 3.39. The molecule has 2 amide bonds. The minimum Gasteiger partial charge on any atom is -0.487 e. The fraction of sp³-hybridized carbons (Fsp3) is 0.346.